The van der Waals surface area contributed by atoms with Gasteiger partial charge in [0.2, 0.25) is 0 Å². The lowest BCUT2D eigenvalue weighted by Crippen LogP contribution is -2.20. The van der Waals surface area contributed by atoms with Gasteiger partial charge in [-0.3, -0.25) is 4.79 Å². The number of nitrogens with zero attached hydrogens (tertiary/aromatic N) is 1. The molecular formula is C19H24FN3O2. The van der Waals surface area contributed by atoms with Crippen molar-refractivity contribution in [3.63, 3.8) is 0 Å². The third kappa shape index (κ3) is 5.27. The second kappa shape index (κ2) is 8.60. The first-order valence-corrected chi connectivity index (χ1v) is 8.06. The molecule has 2 rings (SSSR count). The summed E-state index contributed by atoms with van der Waals surface area (Å²) in [7, 11) is 5.37. The van der Waals surface area contributed by atoms with E-state index in [0.29, 0.717) is 5.69 Å². The van der Waals surface area contributed by atoms with Crippen LogP contribution in [0.4, 0.5) is 10.1 Å². The fraction of sp³-hybridized carbons (Fsp3) is 0.316. The van der Waals surface area contributed by atoms with Gasteiger partial charge in [-0.05, 0) is 63.0 Å². The molecule has 0 aliphatic rings. The van der Waals surface area contributed by atoms with Gasteiger partial charge in [0.15, 0.2) is 11.6 Å². The van der Waals surface area contributed by atoms with Gasteiger partial charge >= 0.3 is 0 Å². The number of nitrogens with one attached hydrogen (secondary N) is 1. The topological polar surface area (TPSA) is 67.6 Å². The van der Waals surface area contributed by atoms with Crippen LogP contribution in [0.15, 0.2) is 42.5 Å². The minimum Gasteiger partial charge on any atom is -0.494 e. The maximum Gasteiger partial charge on any atom is 0.255 e. The number of rotatable bonds is 7. The summed E-state index contributed by atoms with van der Waals surface area (Å²) >= 11 is 0. The quantitative estimate of drug-likeness (QED) is 0.809. The SMILES string of the molecule is COc1ccc(C(=O)Nc2cccc(C(N)CCN(C)C)c2)cc1F. The Hall–Kier alpha value is -2.44. The molecule has 25 heavy (non-hydrogen) atoms. The van der Waals surface area contributed by atoms with Crippen molar-refractivity contribution in [1.29, 1.82) is 0 Å². The average Bonchev–Trinajstić information content (AvgIpc) is 2.59. The molecule has 0 saturated carbocycles. The molecule has 134 valence electrons. The molecule has 2 aromatic carbocycles. The molecule has 1 atom stereocenters. The Balaban J connectivity index is 2.08. The molecule has 6 heteroatoms. The van der Waals surface area contributed by atoms with Gasteiger partial charge < -0.3 is 20.7 Å². The minimum absolute atomic E-state index is 0.102. The number of hydrogen-bond donors (Lipinski definition) is 2. The zero-order valence-corrected chi connectivity index (χ0v) is 14.8. The number of carbonyl (C=O) groups excluding carboxylic acids is 1. The number of hydrogen-bond acceptors (Lipinski definition) is 4. The van der Waals surface area contributed by atoms with Crippen LogP contribution in [0, 0.1) is 5.82 Å². The lowest BCUT2D eigenvalue weighted by atomic mass is 10.0. The number of carbonyl (C=O) groups is 1. The summed E-state index contributed by atoms with van der Waals surface area (Å²) in [6, 6.07) is 11.4. The Morgan fingerprint density at radius 2 is 2.04 bits per heavy atom. The van der Waals surface area contributed by atoms with Crippen LogP contribution < -0.4 is 15.8 Å². The van der Waals surface area contributed by atoms with Crippen molar-refractivity contribution in [2.45, 2.75) is 12.5 Å². The second-order valence-corrected chi connectivity index (χ2v) is 6.13. The molecular weight excluding hydrogens is 321 g/mol. The lowest BCUT2D eigenvalue weighted by Gasteiger charge is -2.16. The highest BCUT2D eigenvalue weighted by atomic mass is 19.1. The molecule has 0 aliphatic carbocycles. The largest absolute Gasteiger partial charge is 0.494 e. The molecule has 0 spiro atoms. The number of nitrogens with two attached hydrogens (primary N) is 1. The summed E-state index contributed by atoms with van der Waals surface area (Å²) in [5.41, 5.74) is 7.99. The highest BCUT2D eigenvalue weighted by Crippen LogP contribution is 2.21. The first-order valence-electron chi connectivity index (χ1n) is 8.06. The molecule has 0 saturated heterocycles. The van der Waals surface area contributed by atoms with E-state index in [-0.39, 0.29) is 23.3 Å². The van der Waals surface area contributed by atoms with Gasteiger partial charge in [0, 0.05) is 17.3 Å². The van der Waals surface area contributed by atoms with Crippen LogP contribution in [0.2, 0.25) is 0 Å². The molecule has 0 aliphatic heterocycles. The number of halogens is 1. The van der Waals surface area contributed by atoms with Crippen molar-refractivity contribution in [3.8, 4) is 5.75 Å². The fourth-order valence-electron chi connectivity index (χ4n) is 2.42. The maximum atomic E-state index is 13.7. The predicted octanol–water partition coefficient (Wildman–Crippen LogP) is 3.04. The van der Waals surface area contributed by atoms with Crippen molar-refractivity contribution in [2.75, 3.05) is 33.1 Å². The van der Waals surface area contributed by atoms with Gasteiger partial charge in [-0.25, -0.2) is 4.39 Å². The molecule has 5 nitrogen and oxygen atoms in total. The van der Waals surface area contributed by atoms with Gasteiger partial charge in [-0.1, -0.05) is 12.1 Å². The van der Waals surface area contributed by atoms with Gasteiger partial charge in [0.25, 0.3) is 5.91 Å². The summed E-state index contributed by atoms with van der Waals surface area (Å²) in [5.74, 6) is -0.861. The second-order valence-electron chi connectivity index (χ2n) is 6.13. The van der Waals surface area contributed by atoms with Crippen molar-refractivity contribution in [2.24, 2.45) is 5.73 Å². The zero-order chi connectivity index (χ0) is 18.4. The summed E-state index contributed by atoms with van der Waals surface area (Å²) in [6.07, 6.45) is 0.814. The third-order valence-electron chi connectivity index (χ3n) is 3.87. The number of ether oxygens (including phenoxy) is 1. The van der Waals surface area contributed by atoms with E-state index in [9.17, 15) is 9.18 Å². The Bertz CT molecular complexity index is 734. The van der Waals surface area contributed by atoms with Crippen LogP contribution in [-0.4, -0.2) is 38.6 Å². The van der Waals surface area contributed by atoms with E-state index in [4.69, 9.17) is 10.5 Å². The number of methoxy groups -OCH3 is 1. The highest BCUT2D eigenvalue weighted by molar-refractivity contribution is 6.04. The summed E-state index contributed by atoms with van der Waals surface area (Å²) in [4.78, 5) is 14.4. The molecule has 3 N–H and O–H groups in total. The van der Waals surface area contributed by atoms with Crippen molar-refractivity contribution >= 4 is 11.6 Å². The molecule has 1 amide bonds. The van der Waals surface area contributed by atoms with E-state index in [1.165, 1.54) is 19.2 Å². The van der Waals surface area contributed by atoms with Gasteiger partial charge in [-0.2, -0.15) is 0 Å². The molecule has 1 unspecified atom stereocenters. The van der Waals surface area contributed by atoms with E-state index in [1.54, 1.807) is 6.07 Å². The van der Waals surface area contributed by atoms with Crippen LogP contribution in [0.25, 0.3) is 0 Å². The van der Waals surface area contributed by atoms with Crippen molar-refractivity contribution < 1.29 is 13.9 Å². The number of benzene rings is 2. The fourth-order valence-corrected chi connectivity index (χ4v) is 2.42. The summed E-state index contributed by atoms with van der Waals surface area (Å²) in [5, 5.41) is 2.77. The van der Waals surface area contributed by atoms with E-state index in [2.05, 4.69) is 10.2 Å². The normalized spacial score (nSPS) is 12.1. The highest BCUT2D eigenvalue weighted by Gasteiger charge is 2.12. The predicted molar refractivity (Wildman–Crippen MR) is 97.4 cm³/mol. The molecule has 0 bridgehead atoms. The molecule has 0 aromatic heterocycles. The van der Waals surface area contributed by atoms with Crippen LogP contribution in [0.5, 0.6) is 5.75 Å². The Morgan fingerprint density at radius 3 is 2.68 bits per heavy atom. The first kappa shape index (κ1) is 18.9. The van der Waals surface area contributed by atoms with Gasteiger partial charge in [-0.15, -0.1) is 0 Å². The van der Waals surface area contributed by atoms with Crippen LogP contribution in [0.3, 0.4) is 0 Å². The maximum absolute atomic E-state index is 13.7. The molecule has 0 radical (unpaired) electrons. The number of anilines is 1. The monoisotopic (exact) mass is 345 g/mol. The van der Waals surface area contributed by atoms with Crippen molar-refractivity contribution in [3.05, 3.63) is 59.4 Å². The smallest absolute Gasteiger partial charge is 0.255 e. The van der Waals surface area contributed by atoms with Crippen LogP contribution in [-0.2, 0) is 0 Å². The molecule has 0 fully saturated rings. The van der Waals surface area contributed by atoms with E-state index in [0.717, 1.165) is 24.6 Å². The Morgan fingerprint density at radius 1 is 1.28 bits per heavy atom. The summed E-state index contributed by atoms with van der Waals surface area (Å²) in [6.45, 7) is 0.878. The standard InChI is InChI=1S/C19H24FN3O2/c1-23(2)10-9-17(21)13-5-4-6-15(11-13)22-19(24)14-7-8-18(25-3)16(20)12-14/h4-8,11-12,17H,9-10,21H2,1-3H3,(H,22,24). The molecule has 0 heterocycles. The van der Waals surface area contributed by atoms with E-state index < -0.39 is 5.82 Å². The van der Waals surface area contributed by atoms with Gasteiger partial charge in [0.05, 0.1) is 7.11 Å². The Labute approximate surface area is 147 Å². The van der Waals surface area contributed by atoms with Crippen LogP contribution in [0.1, 0.15) is 28.4 Å². The van der Waals surface area contributed by atoms with Crippen molar-refractivity contribution in [1.82, 2.24) is 4.90 Å². The van der Waals surface area contributed by atoms with E-state index in [1.807, 2.05) is 32.3 Å². The lowest BCUT2D eigenvalue weighted by molar-refractivity contribution is 0.102. The Kier molecular flexibility index (Phi) is 6.50. The van der Waals surface area contributed by atoms with E-state index >= 15 is 0 Å². The summed E-state index contributed by atoms with van der Waals surface area (Å²) < 4.78 is 18.6. The zero-order valence-electron chi connectivity index (χ0n) is 14.8. The minimum atomic E-state index is -0.574. The first-order chi connectivity index (χ1) is 11.9. The average molecular weight is 345 g/mol. The van der Waals surface area contributed by atoms with Gasteiger partial charge in [0.1, 0.15) is 0 Å². The molecule has 2 aromatic rings. The number of amides is 1. The van der Waals surface area contributed by atoms with Crippen LogP contribution >= 0.6 is 0 Å². The third-order valence-corrected chi connectivity index (χ3v) is 3.87.